The lowest BCUT2D eigenvalue weighted by molar-refractivity contribution is 0.0988. The standard InChI is InChI=1S/C21H15ClFN5O3/c1-27(15-8-4-13(22)5-9-15)19(29)18-17(12-2-6-14(23)7-3-12)26-21-25-10-16(11-28(18)21)31-20(24)30/h2-11H,1H3,(H2,24,30). The van der Waals surface area contributed by atoms with Gasteiger partial charge in [-0.1, -0.05) is 11.6 Å². The zero-order valence-electron chi connectivity index (χ0n) is 16.1. The molecule has 4 aromatic rings. The Balaban J connectivity index is 1.89. The van der Waals surface area contributed by atoms with Crippen LogP contribution in [0.3, 0.4) is 0 Å². The molecule has 0 saturated carbocycles. The molecule has 0 unspecified atom stereocenters. The van der Waals surface area contributed by atoms with E-state index in [1.807, 2.05) is 0 Å². The van der Waals surface area contributed by atoms with E-state index >= 15 is 0 Å². The molecule has 0 aliphatic heterocycles. The molecule has 0 spiro atoms. The Morgan fingerprint density at radius 2 is 1.81 bits per heavy atom. The van der Waals surface area contributed by atoms with Crippen LogP contribution in [0.5, 0.6) is 5.75 Å². The third kappa shape index (κ3) is 4.03. The minimum atomic E-state index is -1.02. The van der Waals surface area contributed by atoms with Gasteiger partial charge in [0.15, 0.2) is 5.75 Å². The number of benzene rings is 2. The Labute approximate surface area is 180 Å². The van der Waals surface area contributed by atoms with E-state index in [-0.39, 0.29) is 22.9 Å². The highest BCUT2D eigenvalue weighted by molar-refractivity contribution is 6.30. The number of anilines is 1. The van der Waals surface area contributed by atoms with Gasteiger partial charge in [0.2, 0.25) is 5.78 Å². The maximum Gasteiger partial charge on any atom is 0.410 e. The lowest BCUT2D eigenvalue weighted by Gasteiger charge is -2.18. The zero-order valence-corrected chi connectivity index (χ0v) is 16.9. The third-order valence-corrected chi connectivity index (χ3v) is 4.77. The maximum absolute atomic E-state index is 13.5. The quantitative estimate of drug-likeness (QED) is 0.519. The molecule has 0 radical (unpaired) electrons. The molecule has 156 valence electrons. The number of nitrogens with zero attached hydrogens (tertiary/aromatic N) is 4. The van der Waals surface area contributed by atoms with Crippen LogP contribution in [0.1, 0.15) is 10.5 Å². The number of hydrogen-bond donors (Lipinski definition) is 1. The van der Waals surface area contributed by atoms with E-state index < -0.39 is 17.8 Å². The number of fused-ring (bicyclic) bond motifs is 1. The minimum absolute atomic E-state index is 0.0336. The Kier molecular flexibility index (Phi) is 5.26. The first-order valence-electron chi connectivity index (χ1n) is 8.98. The van der Waals surface area contributed by atoms with Crippen LogP contribution >= 0.6 is 11.6 Å². The first-order valence-corrected chi connectivity index (χ1v) is 9.36. The van der Waals surface area contributed by atoms with Gasteiger partial charge in [0, 0.05) is 23.3 Å². The summed E-state index contributed by atoms with van der Waals surface area (Å²) in [5.74, 6) is -0.628. The average Bonchev–Trinajstić information content (AvgIpc) is 3.12. The predicted octanol–water partition coefficient (Wildman–Crippen LogP) is 3.92. The second-order valence-electron chi connectivity index (χ2n) is 6.54. The smallest absolute Gasteiger partial charge is 0.407 e. The SMILES string of the molecule is CN(C(=O)c1c(-c2ccc(F)cc2)nc2ncc(OC(N)=O)cn12)c1ccc(Cl)cc1. The normalized spacial score (nSPS) is 10.8. The second kappa shape index (κ2) is 8.04. The summed E-state index contributed by atoms with van der Waals surface area (Å²) in [5.41, 5.74) is 6.61. The minimum Gasteiger partial charge on any atom is -0.407 e. The largest absolute Gasteiger partial charge is 0.410 e. The Morgan fingerprint density at radius 1 is 1.13 bits per heavy atom. The van der Waals surface area contributed by atoms with Crippen LogP contribution in [-0.4, -0.2) is 33.4 Å². The van der Waals surface area contributed by atoms with Crippen molar-refractivity contribution >= 4 is 35.1 Å². The highest BCUT2D eigenvalue weighted by Crippen LogP contribution is 2.28. The number of hydrogen-bond acceptors (Lipinski definition) is 5. The molecule has 0 aliphatic rings. The molecule has 2 heterocycles. The molecular formula is C21H15ClFN5O3. The molecule has 0 bridgehead atoms. The summed E-state index contributed by atoms with van der Waals surface area (Å²) in [6, 6.07) is 12.3. The summed E-state index contributed by atoms with van der Waals surface area (Å²) >= 11 is 5.94. The van der Waals surface area contributed by atoms with Crippen molar-refractivity contribution in [2.45, 2.75) is 0 Å². The van der Waals surface area contributed by atoms with Gasteiger partial charge < -0.3 is 15.4 Å². The van der Waals surface area contributed by atoms with Crippen LogP contribution in [0.15, 0.2) is 60.9 Å². The molecule has 31 heavy (non-hydrogen) atoms. The average molecular weight is 440 g/mol. The van der Waals surface area contributed by atoms with Gasteiger partial charge >= 0.3 is 6.09 Å². The lowest BCUT2D eigenvalue weighted by atomic mass is 10.1. The molecule has 2 aromatic heterocycles. The fourth-order valence-electron chi connectivity index (χ4n) is 3.04. The van der Waals surface area contributed by atoms with Crippen LogP contribution in [0.4, 0.5) is 14.9 Å². The number of primary amides is 1. The number of nitrogens with two attached hydrogens (primary N) is 1. The summed E-state index contributed by atoms with van der Waals surface area (Å²) in [7, 11) is 1.59. The highest BCUT2D eigenvalue weighted by atomic mass is 35.5. The van der Waals surface area contributed by atoms with Crippen molar-refractivity contribution in [1.29, 1.82) is 0 Å². The molecule has 2 aromatic carbocycles. The molecule has 0 atom stereocenters. The first-order chi connectivity index (χ1) is 14.8. The molecular weight excluding hydrogens is 425 g/mol. The third-order valence-electron chi connectivity index (χ3n) is 4.51. The molecule has 0 fully saturated rings. The van der Waals surface area contributed by atoms with Crippen molar-refractivity contribution in [3.05, 3.63) is 77.5 Å². The van der Waals surface area contributed by atoms with Crippen molar-refractivity contribution < 1.29 is 18.7 Å². The van der Waals surface area contributed by atoms with Crippen molar-refractivity contribution in [2.75, 3.05) is 11.9 Å². The monoisotopic (exact) mass is 439 g/mol. The van der Waals surface area contributed by atoms with Gasteiger partial charge in [-0.3, -0.25) is 9.20 Å². The number of rotatable bonds is 4. The number of ether oxygens (including phenoxy) is 1. The van der Waals surface area contributed by atoms with Gasteiger partial charge in [-0.15, -0.1) is 0 Å². The van der Waals surface area contributed by atoms with Crippen LogP contribution in [0.2, 0.25) is 5.02 Å². The highest BCUT2D eigenvalue weighted by Gasteiger charge is 2.25. The van der Waals surface area contributed by atoms with E-state index in [0.717, 1.165) is 0 Å². The first kappa shape index (κ1) is 20.3. The van der Waals surface area contributed by atoms with Crippen molar-refractivity contribution in [3.63, 3.8) is 0 Å². The zero-order chi connectivity index (χ0) is 22.1. The lowest BCUT2D eigenvalue weighted by Crippen LogP contribution is -2.28. The van der Waals surface area contributed by atoms with E-state index in [2.05, 4.69) is 9.97 Å². The predicted molar refractivity (Wildman–Crippen MR) is 113 cm³/mol. The van der Waals surface area contributed by atoms with Gasteiger partial charge in [0.05, 0.1) is 12.4 Å². The maximum atomic E-state index is 13.5. The fraction of sp³-hybridized carbons (Fsp3) is 0.0476. The molecule has 2 N–H and O–H groups in total. The summed E-state index contributed by atoms with van der Waals surface area (Å²) < 4.78 is 19.7. The van der Waals surface area contributed by atoms with E-state index in [9.17, 15) is 14.0 Å². The summed E-state index contributed by atoms with van der Waals surface area (Å²) in [5, 5.41) is 0.531. The van der Waals surface area contributed by atoms with Gasteiger partial charge in [-0.2, -0.15) is 0 Å². The van der Waals surface area contributed by atoms with E-state index in [0.29, 0.717) is 16.3 Å². The van der Waals surface area contributed by atoms with Crippen LogP contribution in [0, 0.1) is 5.82 Å². The number of carbonyl (C=O) groups excluding carboxylic acids is 2. The van der Waals surface area contributed by atoms with Crippen molar-refractivity contribution in [2.24, 2.45) is 5.73 Å². The Bertz CT molecular complexity index is 1290. The van der Waals surface area contributed by atoms with Gasteiger partial charge in [-0.25, -0.2) is 19.2 Å². The van der Waals surface area contributed by atoms with Gasteiger partial charge in [0.25, 0.3) is 5.91 Å². The molecule has 0 saturated heterocycles. The summed E-state index contributed by atoms with van der Waals surface area (Å²) in [6.07, 6.45) is 1.63. The second-order valence-corrected chi connectivity index (χ2v) is 6.97. The Hall–Kier alpha value is -3.98. The number of halogens is 2. The van der Waals surface area contributed by atoms with E-state index in [1.54, 1.807) is 31.3 Å². The van der Waals surface area contributed by atoms with E-state index in [4.69, 9.17) is 22.1 Å². The number of carbonyl (C=O) groups is 2. The van der Waals surface area contributed by atoms with Crippen molar-refractivity contribution in [1.82, 2.24) is 14.4 Å². The molecule has 2 amide bonds. The van der Waals surface area contributed by atoms with Crippen LogP contribution < -0.4 is 15.4 Å². The molecule has 4 rings (SSSR count). The Morgan fingerprint density at radius 3 is 2.45 bits per heavy atom. The summed E-state index contributed by atoms with van der Waals surface area (Å²) in [4.78, 5) is 34.6. The molecule has 0 aliphatic carbocycles. The van der Waals surface area contributed by atoms with Crippen LogP contribution in [0.25, 0.3) is 17.0 Å². The fourth-order valence-corrected chi connectivity index (χ4v) is 3.17. The summed E-state index contributed by atoms with van der Waals surface area (Å²) in [6.45, 7) is 0. The topological polar surface area (TPSA) is 103 Å². The van der Waals surface area contributed by atoms with Gasteiger partial charge in [0.1, 0.15) is 17.2 Å². The van der Waals surface area contributed by atoms with Gasteiger partial charge in [-0.05, 0) is 48.5 Å². The van der Waals surface area contributed by atoms with Crippen LogP contribution in [-0.2, 0) is 0 Å². The van der Waals surface area contributed by atoms with Crippen molar-refractivity contribution in [3.8, 4) is 17.0 Å². The number of amides is 2. The van der Waals surface area contributed by atoms with E-state index in [1.165, 1.54) is 46.0 Å². The number of aromatic nitrogens is 3. The molecule has 10 heteroatoms. The molecule has 8 nitrogen and oxygen atoms in total. The number of imidazole rings is 1.